The highest BCUT2D eigenvalue weighted by atomic mass is 32.2. The SMILES string of the molecule is CC1=CCN=C2C=CSC2(C=O)C1. The highest BCUT2D eigenvalue weighted by Gasteiger charge is 2.38. The van der Waals surface area contributed by atoms with Gasteiger partial charge in [0.15, 0.2) is 0 Å². The van der Waals surface area contributed by atoms with Gasteiger partial charge in [0.1, 0.15) is 11.0 Å². The van der Waals surface area contributed by atoms with Crippen LogP contribution in [0.25, 0.3) is 0 Å². The van der Waals surface area contributed by atoms with E-state index in [1.807, 2.05) is 11.5 Å². The van der Waals surface area contributed by atoms with Crippen LogP contribution in [0.5, 0.6) is 0 Å². The number of nitrogens with zero attached hydrogens (tertiary/aromatic N) is 1. The smallest absolute Gasteiger partial charge is 0.142 e. The molecule has 0 saturated heterocycles. The molecule has 0 saturated carbocycles. The third-order valence-electron chi connectivity index (χ3n) is 2.37. The van der Waals surface area contributed by atoms with E-state index in [0.29, 0.717) is 6.54 Å². The van der Waals surface area contributed by atoms with Crippen LogP contribution in [0.4, 0.5) is 0 Å². The van der Waals surface area contributed by atoms with Crippen LogP contribution in [0.1, 0.15) is 13.3 Å². The first-order valence-electron chi connectivity index (χ1n) is 4.28. The van der Waals surface area contributed by atoms with Crippen molar-refractivity contribution in [1.29, 1.82) is 0 Å². The Morgan fingerprint density at radius 2 is 2.54 bits per heavy atom. The quantitative estimate of drug-likeness (QED) is 0.470. The Labute approximate surface area is 81.8 Å². The molecule has 0 aromatic rings. The van der Waals surface area contributed by atoms with Gasteiger partial charge in [0.25, 0.3) is 0 Å². The molecule has 0 bridgehead atoms. The monoisotopic (exact) mass is 193 g/mol. The highest BCUT2D eigenvalue weighted by Crippen LogP contribution is 2.39. The van der Waals surface area contributed by atoms with Gasteiger partial charge in [-0.3, -0.25) is 4.99 Å². The van der Waals surface area contributed by atoms with E-state index < -0.39 is 4.75 Å². The predicted octanol–water partition coefficient (Wildman–Crippen LogP) is 1.98. The summed E-state index contributed by atoms with van der Waals surface area (Å²) in [7, 11) is 0. The molecule has 0 spiro atoms. The minimum absolute atomic E-state index is 0.406. The zero-order valence-corrected chi connectivity index (χ0v) is 8.30. The summed E-state index contributed by atoms with van der Waals surface area (Å²) in [6.07, 6.45) is 5.86. The summed E-state index contributed by atoms with van der Waals surface area (Å²) < 4.78 is -0.406. The van der Waals surface area contributed by atoms with Crippen molar-refractivity contribution < 1.29 is 4.79 Å². The molecule has 2 rings (SSSR count). The molecular formula is C10H11NOS. The fourth-order valence-corrected chi connectivity index (χ4v) is 2.72. The molecule has 0 amide bonds. The molecule has 3 heteroatoms. The van der Waals surface area contributed by atoms with Gasteiger partial charge in [0.2, 0.25) is 0 Å². The van der Waals surface area contributed by atoms with Gasteiger partial charge in [0.05, 0.1) is 12.3 Å². The number of fused-ring (bicyclic) bond motifs is 1. The van der Waals surface area contributed by atoms with E-state index in [1.54, 1.807) is 11.8 Å². The molecule has 0 aliphatic carbocycles. The fraction of sp³-hybridized carbons (Fsp3) is 0.400. The van der Waals surface area contributed by atoms with Crippen molar-refractivity contribution >= 4 is 23.8 Å². The van der Waals surface area contributed by atoms with Crippen molar-refractivity contribution in [2.24, 2.45) is 4.99 Å². The lowest BCUT2D eigenvalue weighted by Gasteiger charge is -2.20. The molecule has 2 nitrogen and oxygen atoms in total. The van der Waals surface area contributed by atoms with Gasteiger partial charge < -0.3 is 4.79 Å². The number of carbonyl (C=O) groups is 1. The van der Waals surface area contributed by atoms with Crippen molar-refractivity contribution in [1.82, 2.24) is 0 Å². The summed E-state index contributed by atoms with van der Waals surface area (Å²) in [5.41, 5.74) is 2.18. The van der Waals surface area contributed by atoms with E-state index in [2.05, 4.69) is 18.0 Å². The Hall–Kier alpha value is -0.830. The van der Waals surface area contributed by atoms with E-state index in [4.69, 9.17) is 0 Å². The molecular weight excluding hydrogens is 182 g/mol. The maximum atomic E-state index is 11.1. The molecule has 2 aliphatic rings. The number of rotatable bonds is 1. The van der Waals surface area contributed by atoms with Crippen molar-refractivity contribution in [2.75, 3.05) is 6.54 Å². The van der Waals surface area contributed by atoms with Crippen molar-refractivity contribution in [3.05, 3.63) is 23.1 Å². The summed E-state index contributed by atoms with van der Waals surface area (Å²) >= 11 is 1.57. The summed E-state index contributed by atoms with van der Waals surface area (Å²) in [6.45, 7) is 2.77. The van der Waals surface area contributed by atoms with Gasteiger partial charge in [-0.2, -0.15) is 0 Å². The summed E-state index contributed by atoms with van der Waals surface area (Å²) in [5, 5.41) is 1.96. The minimum Gasteiger partial charge on any atom is -0.301 e. The first kappa shape index (κ1) is 8.75. The first-order valence-corrected chi connectivity index (χ1v) is 5.16. The van der Waals surface area contributed by atoms with Crippen LogP contribution >= 0.6 is 11.8 Å². The van der Waals surface area contributed by atoms with Crippen molar-refractivity contribution in [3.8, 4) is 0 Å². The molecule has 0 N–H and O–H groups in total. The molecule has 2 heterocycles. The molecule has 0 radical (unpaired) electrons. The Bertz CT molecular complexity index is 330. The highest BCUT2D eigenvalue weighted by molar-refractivity contribution is 8.05. The molecule has 68 valence electrons. The standard InChI is InChI=1S/C10H11NOS/c1-8-2-4-11-9-3-5-13-10(9,6-8)7-12/h2-3,5,7H,4,6H2,1H3. The Morgan fingerprint density at radius 3 is 3.31 bits per heavy atom. The number of thioether (sulfide) groups is 1. The average Bonchev–Trinajstić information content (AvgIpc) is 2.43. The number of aliphatic imine (C=N–C) groups is 1. The van der Waals surface area contributed by atoms with Crippen LogP contribution in [0.15, 0.2) is 28.1 Å². The molecule has 2 aliphatic heterocycles. The van der Waals surface area contributed by atoms with Gasteiger partial charge in [-0.25, -0.2) is 0 Å². The lowest BCUT2D eigenvalue weighted by atomic mass is 9.96. The van der Waals surface area contributed by atoms with Crippen LogP contribution in [-0.4, -0.2) is 23.3 Å². The maximum Gasteiger partial charge on any atom is 0.142 e. The van der Waals surface area contributed by atoms with E-state index in [1.165, 1.54) is 5.57 Å². The van der Waals surface area contributed by atoms with Crippen molar-refractivity contribution in [3.63, 3.8) is 0 Å². The van der Waals surface area contributed by atoms with Crippen LogP contribution in [0.3, 0.4) is 0 Å². The number of hydrogen-bond donors (Lipinski definition) is 0. The van der Waals surface area contributed by atoms with E-state index in [0.717, 1.165) is 18.4 Å². The summed E-state index contributed by atoms with van der Waals surface area (Å²) in [6, 6.07) is 0. The van der Waals surface area contributed by atoms with Crippen LogP contribution in [-0.2, 0) is 4.79 Å². The Morgan fingerprint density at radius 1 is 1.69 bits per heavy atom. The second kappa shape index (κ2) is 3.14. The van der Waals surface area contributed by atoms with Gasteiger partial charge in [-0.05, 0) is 24.8 Å². The number of carbonyl (C=O) groups excluding carboxylic acids is 1. The van der Waals surface area contributed by atoms with Crippen molar-refractivity contribution in [2.45, 2.75) is 18.1 Å². The van der Waals surface area contributed by atoms with Crippen LogP contribution < -0.4 is 0 Å². The minimum atomic E-state index is -0.406. The largest absolute Gasteiger partial charge is 0.301 e. The van der Waals surface area contributed by atoms with Gasteiger partial charge >= 0.3 is 0 Å². The molecule has 13 heavy (non-hydrogen) atoms. The van der Waals surface area contributed by atoms with E-state index in [9.17, 15) is 4.79 Å². The molecule has 0 fully saturated rings. The van der Waals surface area contributed by atoms with E-state index in [-0.39, 0.29) is 0 Å². The number of hydrogen-bond acceptors (Lipinski definition) is 3. The van der Waals surface area contributed by atoms with Crippen LogP contribution in [0.2, 0.25) is 0 Å². The molecule has 0 aromatic heterocycles. The zero-order valence-electron chi connectivity index (χ0n) is 7.49. The number of aldehydes is 1. The second-order valence-corrected chi connectivity index (χ2v) is 4.62. The first-order chi connectivity index (χ1) is 6.27. The van der Waals surface area contributed by atoms with Gasteiger partial charge in [-0.1, -0.05) is 11.6 Å². The normalized spacial score (nSPS) is 31.8. The molecule has 1 atom stereocenters. The van der Waals surface area contributed by atoms with Gasteiger partial charge in [-0.15, -0.1) is 11.8 Å². The second-order valence-electron chi connectivity index (χ2n) is 3.38. The van der Waals surface area contributed by atoms with E-state index >= 15 is 0 Å². The molecule has 0 aromatic carbocycles. The van der Waals surface area contributed by atoms with Gasteiger partial charge in [0, 0.05) is 0 Å². The number of allylic oxidation sites excluding steroid dienone is 2. The average molecular weight is 193 g/mol. The maximum absolute atomic E-state index is 11.1. The third-order valence-corrected chi connectivity index (χ3v) is 3.51. The molecule has 1 unspecified atom stereocenters. The summed E-state index contributed by atoms with van der Waals surface area (Å²) in [5.74, 6) is 0. The topological polar surface area (TPSA) is 29.4 Å². The lowest BCUT2D eigenvalue weighted by molar-refractivity contribution is -0.108. The Kier molecular flexibility index (Phi) is 2.12. The van der Waals surface area contributed by atoms with Crippen LogP contribution in [0, 0.1) is 0 Å². The zero-order chi connectivity index (χ0) is 9.31. The Balaban J connectivity index is 2.40. The lowest BCUT2D eigenvalue weighted by Crippen LogP contribution is -2.32. The third kappa shape index (κ3) is 1.37. The fourth-order valence-electron chi connectivity index (χ4n) is 1.66. The summed E-state index contributed by atoms with van der Waals surface area (Å²) in [4.78, 5) is 15.5. The predicted molar refractivity (Wildman–Crippen MR) is 56.2 cm³/mol.